The first kappa shape index (κ1) is 25.7. The number of aryl methyl sites for hydroxylation is 1. The Morgan fingerprint density at radius 3 is 1.59 bits per heavy atom. The molecule has 0 aromatic heterocycles. The molecule has 190 valence electrons. The van der Waals surface area contributed by atoms with Crippen LogP contribution in [0.2, 0.25) is 0 Å². The fraction of sp³-hybridized carbons (Fsp3) is 0.0400. The maximum atomic E-state index is 12.6. The second-order valence-corrected chi connectivity index (χ2v) is 11.3. The number of nitro benzene ring substituents is 1. The van der Waals surface area contributed by atoms with Crippen LogP contribution in [0, 0.1) is 17.0 Å². The fourth-order valence-electron chi connectivity index (χ4n) is 3.29. The normalized spacial score (nSPS) is 11.5. The minimum atomic E-state index is -4.03. The third-order valence-electron chi connectivity index (χ3n) is 5.09. The highest BCUT2D eigenvalue weighted by Crippen LogP contribution is 2.27. The molecule has 4 aromatic rings. The average molecular weight is 540 g/mol. The van der Waals surface area contributed by atoms with Gasteiger partial charge in [0.05, 0.1) is 14.7 Å². The van der Waals surface area contributed by atoms with Crippen molar-refractivity contribution in [2.24, 2.45) is 0 Å². The van der Waals surface area contributed by atoms with E-state index >= 15 is 0 Å². The summed E-state index contributed by atoms with van der Waals surface area (Å²) in [6.45, 7) is 1.81. The van der Waals surface area contributed by atoms with Gasteiger partial charge in [-0.25, -0.2) is 16.8 Å². The summed E-state index contributed by atoms with van der Waals surface area (Å²) >= 11 is 0. The summed E-state index contributed by atoms with van der Waals surface area (Å²) in [5.41, 5.74) is 1.09. The van der Waals surface area contributed by atoms with Crippen molar-refractivity contribution in [3.8, 4) is 11.5 Å². The van der Waals surface area contributed by atoms with Crippen LogP contribution in [0.15, 0.2) is 107 Å². The Morgan fingerprint density at radius 2 is 1.14 bits per heavy atom. The third kappa shape index (κ3) is 6.42. The molecule has 0 saturated carbocycles. The minimum Gasteiger partial charge on any atom is -0.457 e. The standard InChI is InChI=1S/C25H21N3O7S2/c1-18-4-2-6-24(16-18)36(31,32)26-19-8-12-22(13-9-19)35-23-14-10-20(11-15-23)27-37(33,34)25-7-3-5-21(17-25)28(29)30/h2-17,26-27H,1H3. The Labute approximate surface area is 213 Å². The molecular weight excluding hydrogens is 518 g/mol. The van der Waals surface area contributed by atoms with Crippen LogP contribution < -0.4 is 14.2 Å². The molecule has 10 nitrogen and oxygen atoms in total. The molecule has 0 aliphatic rings. The van der Waals surface area contributed by atoms with E-state index in [9.17, 15) is 26.9 Å². The Bertz CT molecular complexity index is 1650. The van der Waals surface area contributed by atoms with Crippen LogP contribution in [0.3, 0.4) is 0 Å². The van der Waals surface area contributed by atoms with E-state index in [-0.39, 0.29) is 21.2 Å². The first-order valence-electron chi connectivity index (χ1n) is 10.8. The molecule has 2 N–H and O–H groups in total. The van der Waals surface area contributed by atoms with Crippen molar-refractivity contribution >= 4 is 37.1 Å². The Morgan fingerprint density at radius 1 is 0.676 bits per heavy atom. The van der Waals surface area contributed by atoms with E-state index in [1.807, 2.05) is 13.0 Å². The number of nitrogens with one attached hydrogen (secondary N) is 2. The Balaban J connectivity index is 1.40. The predicted octanol–water partition coefficient (Wildman–Crippen LogP) is 5.30. The van der Waals surface area contributed by atoms with Gasteiger partial charge >= 0.3 is 0 Å². The molecule has 0 heterocycles. The molecule has 0 aliphatic heterocycles. The Hall–Kier alpha value is -4.42. The highest BCUT2D eigenvalue weighted by atomic mass is 32.2. The van der Waals surface area contributed by atoms with Crippen LogP contribution in [-0.2, 0) is 20.0 Å². The molecule has 0 bridgehead atoms. The smallest absolute Gasteiger partial charge is 0.270 e. The number of hydrogen-bond acceptors (Lipinski definition) is 7. The molecule has 0 fully saturated rings. The molecule has 4 aromatic carbocycles. The summed E-state index contributed by atoms with van der Waals surface area (Å²) in [4.78, 5) is 10.2. The van der Waals surface area contributed by atoms with Gasteiger partial charge in [-0.1, -0.05) is 18.2 Å². The molecular formula is C25H21N3O7S2. The molecule has 0 radical (unpaired) electrons. The van der Waals surface area contributed by atoms with Crippen LogP contribution in [0.1, 0.15) is 5.56 Å². The first-order valence-corrected chi connectivity index (χ1v) is 13.7. The van der Waals surface area contributed by atoms with Crippen LogP contribution >= 0.6 is 0 Å². The SMILES string of the molecule is Cc1cccc(S(=O)(=O)Nc2ccc(Oc3ccc(NS(=O)(=O)c4cccc([N+](=O)[O-])c4)cc3)cc2)c1. The molecule has 12 heteroatoms. The van der Waals surface area contributed by atoms with Crippen LogP contribution in [-0.4, -0.2) is 21.8 Å². The van der Waals surface area contributed by atoms with Gasteiger partial charge in [-0.05, 0) is 79.2 Å². The minimum absolute atomic E-state index is 0.161. The van der Waals surface area contributed by atoms with Crippen molar-refractivity contribution in [1.82, 2.24) is 0 Å². The Kier molecular flexibility index (Phi) is 7.14. The monoisotopic (exact) mass is 539 g/mol. The fourth-order valence-corrected chi connectivity index (χ4v) is 5.55. The van der Waals surface area contributed by atoms with Crippen molar-refractivity contribution in [2.75, 3.05) is 9.44 Å². The van der Waals surface area contributed by atoms with E-state index in [0.717, 1.165) is 11.6 Å². The van der Waals surface area contributed by atoms with Crippen LogP contribution in [0.5, 0.6) is 11.5 Å². The van der Waals surface area contributed by atoms with Gasteiger partial charge in [-0.2, -0.15) is 0 Å². The summed E-state index contributed by atoms with van der Waals surface area (Å²) in [5, 5.41) is 10.9. The van der Waals surface area contributed by atoms with Crippen LogP contribution in [0.4, 0.5) is 17.1 Å². The third-order valence-corrected chi connectivity index (χ3v) is 7.85. The first-order chi connectivity index (χ1) is 17.5. The summed E-state index contributed by atoms with van der Waals surface area (Å²) < 4.78 is 60.9. The maximum Gasteiger partial charge on any atom is 0.270 e. The van der Waals surface area contributed by atoms with E-state index in [2.05, 4.69) is 9.44 Å². The van der Waals surface area contributed by atoms with Crippen LogP contribution in [0.25, 0.3) is 0 Å². The second kappa shape index (κ2) is 10.3. The van der Waals surface area contributed by atoms with Crippen molar-refractivity contribution in [3.63, 3.8) is 0 Å². The zero-order valence-electron chi connectivity index (χ0n) is 19.4. The highest BCUT2D eigenvalue weighted by Gasteiger charge is 2.18. The van der Waals surface area contributed by atoms with Gasteiger partial charge < -0.3 is 4.74 Å². The molecule has 0 unspecified atom stereocenters. The van der Waals surface area contributed by atoms with E-state index in [1.54, 1.807) is 48.5 Å². The zero-order chi connectivity index (χ0) is 26.6. The van der Waals surface area contributed by atoms with Crippen molar-refractivity contribution in [1.29, 1.82) is 0 Å². The number of nitrogens with zero attached hydrogens (tertiary/aromatic N) is 1. The lowest BCUT2D eigenvalue weighted by Crippen LogP contribution is -2.13. The molecule has 4 rings (SSSR count). The number of anilines is 2. The quantitative estimate of drug-likeness (QED) is 0.217. The van der Waals surface area contributed by atoms with Gasteiger partial charge in [-0.3, -0.25) is 19.6 Å². The summed E-state index contributed by atoms with van der Waals surface area (Å²) in [6, 6.07) is 23.7. The van der Waals surface area contributed by atoms with Crippen molar-refractivity contribution in [2.45, 2.75) is 16.7 Å². The van der Waals surface area contributed by atoms with Gasteiger partial charge in [0.15, 0.2) is 0 Å². The molecule has 37 heavy (non-hydrogen) atoms. The highest BCUT2D eigenvalue weighted by molar-refractivity contribution is 7.93. The van der Waals surface area contributed by atoms with Gasteiger partial charge in [0.1, 0.15) is 11.5 Å². The molecule has 0 amide bonds. The van der Waals surface area contributed by atoms with Crippen molar-refractivity contribution < 1.29 is 26.5 Å². The number of sulfonamides is 2. The van der Waals surface area contributed by atoms with Gasteiger partial charge in [0.25, 0.3) is 25.7 Å². The summed E-state index contributed by atoms with van der Waals surface area (Å²) in [5.74, 6) is 0.842. The lowest BCUT2D eigenvalue weighted by atomic mass is 10.2. The van der Waals surface area contributed by atoms with Gasteiger partial charge in [0.2, 0.25) is 0 Å². The number of non-ortho nitro benzene ring substituents is 1. The predicted molar refractivity (Wildman–Crippen MR) is 139 cm³/mol. The van der Waals surface area contributed by atoms with Gasteiger partial charge in [-0.15, -0.1) is 0 Å². The summed E-state index contributed by atoms with van der Waals surface area (Å²) in [6.07, 6.45) is 0. The lowest BCUT2D eigenvalue weighted by molar-refractivity contribution is -0.385. The van der Waals surface area contributed by atoms with Gasteiger partial charge in [0, 0.05) is 23.5 Å². The largest absolute Gasteiger partial charge is 0.457 e. The lowest BCUT2D eigenvalue weighted by Gasteiger charge is -2.11. The number of nitro groups is 1. The average Bonchev–Trinajstić information content (AvgIpc) is 2.86. The van der Waals surface area contributed by atoms with E-state index in [1.165, 1.54) is 36.4 Å². The number of rotatable bonds is 9. The molecule has 0 saturated heterocycles. The summed E-state index contributed by atoms with van der Waals surface area (Å²) in [7, 11) is -7.77. The molecule has 0 spiro atoms. The maximum absolute atomic E-state index is 12.6. The second-order valence-electron chi connectivity index (χ2n) is 7.93. The zero-order valence-corrected chi connectivity index (χ0v) is 21.0. The van der Waals surface area contributed by atoms with E-state index < -0.39 is 25.0 Å². The van der Waals surface area contributed by atoms with E-state index in [0.29, 0.717) is 17.2 Å². The molecule has 0 aliphatic carbocycles. The number of ether oxygens (including phenoxy) is 1. The van der Waals surface area contributed by atoms with E-state index in [4.69, 9.17) is 4.74 Å². The molecule has 0 atom stereocenters. The topological polar surface area (TPSA) is 145 Å². The number of benzene rings is 4. The number of hydrogen-bond donors (Lipinski definition) is 2. The van der Waals surface area contributed by atoms with Crippen molar-refractivity contribution in [3.05, 3.63) is 113 Å².